The number of rotatable bonds is 9. The molecule has 2 aromatic rings. The van der Waals surface area contributed by atoms with E-state index in [-0.39, 0.29) is 18.3 Å². The summed E-state index contributed by atoms with van der Waals surface area (Å²) in [6.07, 6.45) is 10.2. The minimum atomic E-state index is -3.94. The van der Waals surface area contributed by atoms with Gasteiger partial charge in [-0.25, -0.2) is 18.4 Å². The third-order valence-corrected chi connectivity index (χ3v) is 9.09. The van der Waals surface area contributed by atoms with Crippen molar-refractivity contribution in [3.63, 3.8) is 0 Å². The van der Waals surface area contributed by atoms with Crippen molar-refractivity contribution in [3.8, 4) is 11.6 Å². The number of allylic oxidation sites excluding steroid dienone is 3. The first kappa shape index (κ1) is 27.7. The van der Waals surface area contributed by atoms with Crippen LogP contribution in [0.25, 0.3) is 0 Å². The molecular weight excluding hydrogens is 535 g/mol. The molecule has 2 atom stereocenters. The first-order chi connectivity index (χ1) is 17.5. The van der Waals surface area contributed by atoms with Crippen molar-refractivity contribution in [3.05, 3.63) is 65.0 Å². The van der Waals surface area contributed by atoms with Gasteiger partial charge in [-0.2, -0.15) is 0 Å². The summed E-state index contributed by atoms with van der Waals surface area (Å²) in [5.74, 6) is 1.15. The molecule has 1 fully saturated rings. The Labute approximate surface area is 228 Å². The molecule has 0 spiro atoms. The monoisotopic (exact) mass is 566 g/mol. The number of sulfonamides is 1. The van der Waals surface area contributed by atoms with Gasteiger partial charge >= 0.3 is 0 Å². The van der Waals surface area contributed by atoms with Gasteiger partial charge in [0.2, 0.25) is 15.8 Å². The van der Waals surface area contributed by atoms with E-state index in [1.807, 2.05) is 12.1 Å². The number of aromatic nitrogens is 2. The van der Waals surface area contributed by atoms with Crippen molar-refractivity contribution >= 4 is 39.0 Å². The highest BCUT2D eigenvalue weighted by atomic mass is 35.5. The number of nitrogens with zero attached hydrogens (tertiary/aromatic N) is 3. The number of likely N-dealkylation sites (tertiary alicyclic amines) is 1. The van der Waals surface area contributed by atoms with Gasteiger partial charge in [0.1, 0.15) is 17.6 Å². The van der Waals surface area contributed by atoms with Gasteiger partial charge in [-0.3, -0.25) is 4.72 Å². The average molecular weight is 568 g/mol. The van der Waals surface area contributed by atoms with Gasteiger partial charge in [0.25, 0.3) is 5.88 Å². The highest BCUT2D eigenvalue weighted by Gasteiger charge is 2.40. The fourth-order valence-corrected chi connectivity index (χ4v) is 6.45. The quantitative estimate of drug-likeness (QED) is 0.428. The normalized spacial score (nSPS) is 22.7. The molecule has 0 bridgehead atoms. The maximum Gasteiger partial charge on any atom is 0.259 e. The smallest absolute Gasteiger partial charge is 0.259 e. The van der Waals surface area contributed by atoms with Crippen molar-refractivity contribution < 1.29 is 17.9 Å². The van der Waals surface area contributed by atoms with Gasteiger partial charge in [-0.05, 0) is 70.4 Å². The van der Waals surface area contributed by atoms with Crippen LogP contribution in [0, 0.1) is 12.8 Å². The predicted octanol–water partition coefficient (Wildman–Crippen LogP) is 4.97. The van der Waals surface area contributed by atoms with Crippen LogP contribution in [-0.4, -0.2) is 60.2 Å². The maximum absolute atomic E-state index is 13.1. The number of anilines is 1. The van der Waals surface area contributed by atoms with E-state index < -0.39 is 20.1 Å². The van der Waals surface area contributed by atoms with Crippen LogP contribution in [0.1, 0.15) is 31.0 Å². The Kier molecular flexibility index (Phi) is 8.68. The number of ether oxygens (including phenoxy) is 2. The lowest BCUT2D eigenvalue weighted by Crippen LogP contribution is -2.41. The van der Waals surface area contributed by atoms with Gasteiger partial charge in [-0.1, -0.05) is 42.0 Å². The second-order valence-corrected chi connectivity index (χ2v) is 12.8. The third kappa shape index (κ3) is 7.16. The van der Waals surface area contributed by atoms with Crippen molar-refractivity contribution in [1.29, 1.82) is 0 Å². The number of halogens is 2. The molecule has 4 rings (SSSR count). The Balaban J connectivity index is 1.44. The van der Waals surface area contributed by atoms with Crippen LogP contribution in [0.2, 0.25) is 5.02 Å². The fraction of sp³-hybridized carbons (Fsp3) is 0.462. The maximum atomic E-state index is 13.1. The van der Waals surface area contributed by atoms with Crippen LogP contribution < -0.4 is 14.2 Å². The van der Waals surface area contributed by atoms with Crippen LogP contribution in [0.5, 0.6) is 11.6 Å². The van der Waals surface area contributed by atoms with Gasteiger partial charge in [0.05, 0.1) is 28.4 Å². The average Bonchev–Trinajstić information content (AvgIpc) is 2.84. The number of piperidine rings is 1. The van der Waals surface area contributed by atoms with E-state index in [1.54, 1.807) is 38.1 Å². The molecule has 2 heterocycles. The van der Waals surface area contributed by atoms with E-state index in [0.717, 1.165) is 31.5 Å². The molecule has 11 heteroatoms. The van der Waals surface area contributed by atoms with Gasteiger partial charge in [-0.15, -0.1) is 11.6 Å². The number of alkyl halides is 1. The molecule has 0 radical (unpaired) electrons. The van der Waals surface area contributed by atoms with E-state index in [2.05, 4.69) is 26.6 Å². The molecule has 2 unspecified atom stereocenters. The summed E-state index contributed by atoms with van der Waals surface area (Å²) in [7, 11) is -1.81. The van der Waals surface area contributed by atoms with Crippen LogP contribution in [0.4, 0.5) is 5.82 Å². The van der Waals surface area contributed by atoms with E-state index in [9.17, 15) is 8.42 Å². The zero-order valence-corrected chi connectivity index (χ0v) is 23.5. The lowest BCUT2D eigenvalue weighted by molar-refractivity contribution is 0.160. The van der Waals surface area contributed by atoms with Crippen LogP contribution in [-0.2, 0) is 16.6 Å². The van der Waals surface area contributed by atoms with E-state index in [0.29, 0.717) is 29.0 Å². The molecule has 1 aliphatic carbocycles. The summed E-state index contributed by atoms with van der Waals surface area (Å²) >= 11 is 12.8. The van der Waals surface area contributed by atoms with Crippen LogP contribution >= 0.6 is 23.2 Å². The van der Waals surface area contributed by atoms with Crippen LogP contribution in [0.15, 0.2) is 48.7 Å². The van der Waals surface area contributed by atoms with Crippen LogP contribution in [0.3, 0.4) is 0 Å². The molecule has 1 N–H and O–H groups in total. The molecule has 0 saturated carbocycles. The highest BCUT2D eigenvalue weighted by molar-refractivity contribution is 7.93. The minimum Gasteiger partial charge on any atom is -0.492 e. The molecule has 200 valence electrons. The van der Waals surface area contributed by atoms with Gasteiger partial charge in [0, 0.05) is 0 Å². The Bertz CT molecular complexity index is 1280. The predicted molar refractivity (Wildman–Crippen MR) is 147 cm³/mol. The lowest BCUT2D eigenvalue weighted by atomic mass is 9.98. The summed E-state index contributed by atoms with van der Waals surface area (Å²) in [5, 5.41) is -0.470. The van der Waals surface area contributed by atoms with Crippen molar-refractivity contribution in [2.45, 2.75) is 43.4 Å². The summed E-state index contributed by atoms with van der Waals surface area (Å²) in [5.41, 5.74) is 1.38. The SMILES string of the molecule is Cc1cnc(NS(=O)(=O)C2C=CC=CC2(C)Cl)c(OCc2ccc(Cl)c(OCC3CCN(C)CC3)c2)n1. The lowest BCUT2D eigenvalue weighted by Gasteiger charge is -2.29. The second-order valence-electron chi connectivity index (χ2n) is 9.74. The molecule has 37 heavy (non-hydrogen) atoms. The number of hydrogen-bond acceptors (Lipinski definition) is 7. The van der Waals surface area contributed by atoms with Gasteiger partial charge in [0.15, 0.2) is 0 Å². The van der Waals surface area contributed by atoms with Crippen molar-refractivity contribution in [1.82, 2.24) is 14.9 Å². The third-order valence-electron chi connectivity index (χ3n) is 6.49. The number of hydrogen-bond donors (Lipinski definition) is 1. The molecule has 1 aromatic carbocycles. The first-order valence-corrected chi connectivity index (χ1v) is 14.5. The Morgan fingerprint density at radius 3 is 2.70 bits per heavy atom. The Hall–Kier alpha value is -2.33. The van der Waals surface area contributed by atoms with E-state index in [1.165, 1.54) is 12.3 Å². The van der Waals surface area contributed by atoms with E-state index >= 15 is 0 Å². The molecule has 1 aromatic heterocycles. The number of aryl methyl sites for hydroxylation is 1. The van der Waals surface area contributed by atoms with Crippen molar-refractivity contribution in [2.24, 2.45) is 5.92 Å². The van der Waals surface area contributed by atoms with Gasteiger partial charge < -0.3 is 14.4 Å². The molecule has 2 aliphatic rings. The zero-order valence-electron chi connectivity index (χ0n) is 21.2. The Morgan fingerprint density at radius 2 is 1.97 bits per heavy atom. The summed E-state index contributed by atoms with van der Waals surface area (Å²) in [6, 6.07) is 5.43. The molecule has 1 saturated heterocycles. The molecule has 1 aliphatic heterocycles. The Morgan fingerprint density at radius 1 is 1.22 bits per heavy atom. The minimum absolute atomic E-state index is 0.00581. The highest BCUT2D eigenvalue weighted by Crippen LogP contribution is 2.33. The number of benzene rings is 1. The van der Waals surface area contributed by atoms with E-state index in [4.69, 9.17) is 32.7 Å². The van der Waals surface area contributed by atoms with Crippen molar-refractivity contribution in [2.75, 3.05) is 31.5 Å². The largest absolute Gasteiger partial charge is 0.492 e. The summed E-state index contributed by atoms with van der Waals surface area (Å²) < 4.78 is 40.8. The fourth-order valence-electron chi connectivity index (χ4n) is 4.26. The topological polar surface area (TPSA) is 93.7 Å². The number of nitrogens with one attached hydrogen (secondary N) is 1. The molecule has 0 amide bonds. The zero-order chi connectivity index (χ0) is 26.6. The summed E-state index contributed by atoms with van der Waals surface area (Å²) in [6.45, 7) is 6.25. The molecule has 8 nitrogen and oxygen atoms in total. The standard InChI is InChI=1S/C26H32Cl2N4O4S/c1-18-15-29-24(31-37(33,34)23-6-4-5-11-26(23,2)28)25(30-18)36-17-20-7-8-21(27)22(14-20)35-16-19-9-12-32(3)13-10-19/h4-8,11,14-15,19,23H,9-10,12-13,16-17H2,1-3H3,(H,29,31). The summed E-state index contributed by atoms with van der Waals surface area (Å²) in [4.78, 5) is 9.80. The first-order valence-electron chi connectivity index (χ1n) is 12.2. The molecular formula is C26H32Cl2N4O4S. The second kappa shape index (κ2) is 11.6.